The summed E-state index contributed by atoms with van der Waals surface area (Å²) in [5.41, 5.74) is 0.449. The highest BCUT2D eigenvalue weighted by Crippen LogP contribution is 2.44. The lowest BCUT2D eigenvalue weighted by atomic mass is 9.81. The second-order valence-corrected chi connectivity index (χ2v) is 4.63. The highest BCUT2D eigenvalue weighted by Gasteiger charge is 2.40. The van der Waals surface area contributed by atoms with Crippen molar-refractivity contribution in [2.75, 3.05) is 0 Å². The molecule has 0 saturated heterocycles. The largest absolute Gasteiger partial charge is 0.303 e. The van der Waals surface area contributed by atoms with Gasteiger partial charge in [0.1, 0.15) is 6.29 Å². The van der Waals surface area contributed by atoms with Gasteiger partial charge in [-0.3, -0.25) is 0 Å². The summed E-state index contributed by atoms with van der Waals surface area (Å²) in [5.74, 6) is -3.19. The number of fused-ring (bicyclic) bond motifs is 1. The quantitative estimate of drug-likeness (QED) is 0.715. The first kappa shape index (κ1) is 10.7. The van der Waals surface area contributed by atoms with Crippen LogP contribution in [0.2, 0.25) is 0 Å². The zero-order valence-electron chi connectivity index (χ0n) is 7.84. The fourth-order valence-electron chi connectivity index (χ4n) is 1.94. The Balaban J connectivity index is 2.58. The number of rotatable bonds is 1. The van der Waals surface area contributed by atoms with Crippen LogP contribution in [0.3, 0.4) is 0 Å². The number of carbonyl (C=O) groups is 1. The summed E-state index contributed by atoms with van der Waals surface area (Å²) in [6.45, 7) is 0. The van der Waals surface area contributed by atoms with Gasteiger partial charge in [0, 0.05) is 22.4 Å². The van der Waals surface area contributed by atoms with E-state index in [1.54, 1.807) is 12.1 Å². The van der Waals surface area contributed by atoms with E-state index in [4.69, 9.17) is 0 Å². The maximum absolute atomic E-state index is 13.5. The molecule has 1 nitrogen and oxygen atoms in total. The first-order valence-electron chi connectivity index (χ1n) is 4.67. The maximum Gasteiger partial charge on any atom is 0.273 e. The van der Waals surface area contributed by atoms with Crippen molar-refractivity contribution in [3.05, 3.63) is 33.8 Å². The smallest absolute Gasteiger partial charge is 0.273 e. The molecular weight excluding hydrogens is 266 g/mol. The number of alkyl halides is 2. The van der Waals surface area contributed by atoms with Crippen molar-refractivity contribution in [3.63, 3.8) is 0 Å². The summed E-state index contributed by atoms with van der Waals surface area (Å²) in [7, 11) is 0. The summed E-state index contributed by atoms with van der Waals surface area (Å²) in [4.78, 5) is 10.8. The van der Waals surface area contributed by atoms with Crippen LogP contribution in [0.15, 0.2) is 22.7 Å². The topological polar surface area (TPSA) is 17.1 Å². The monoisotopic (exact) mass is 274 g/mol. The van der Waals surface area contributed by atoms with E-state index in [-0.39, 0.29) is 18.4 Å². The molecule has 80 valence electrons. The van der Waals surface area contributed by atoms with Gasteiger partial charge in [-0.1, -0.05) is 22.0 Å². The first-order valence-corrected chi connectivity index (χ1v) is 5.47. The average molecular weight is 275 g/mol. The van der Waals surface area contributed by atoms with Crippen LogP contribution in [0.5, 0.6) is 0 Å². The third-order valence-corrected chi connectivity index (χ3v) is 3.23. The SMILES string of the molecule is O=CC1CCC(F)(F)c2ccc(Br)cc21. The summed E-state index contributed by atoms with van der Waals surface area (Å²) in [6, 6.07) is 4.59. The van der Waals surface area contributed by atoms with Gasteiger partial charge in [-0.15, -0.1) is 0 Å². The van der Waals surface area contributed by atoms with Crippen LogP contribution in [-0.2, 0) is 10.7 Å². The van der Waals surface area contributed by atoms with Crippen molar-refractivity contribution < 1.29 is 13.6 Å². The molecule has 15 heavy (non-hydrogen) atoms. The molecule has 0 N–H and O–H groups in total. The number of hydrogen-bond donors (Lipinski definition) is 0. The zero-order chi connectivity index (χ0) is 11.1. The van der Waals surface area contributed by atoms with Gasteiger partial charge in [-0.25, -0.2) is 8.78 Å². The van der Waals surface area contributed by atoms with Gasteiger partial charge in [0.25, 0.3) is 5.92 Å². The van der Waals surface area contributed by atoms with E-state index in [1.165, 1.54) is 6.07 Å². The van der Waals surface area contributed by atoms with Gasteiger partial charge >= 0.3 is 0 Å². The van der Waals surface area contributed by atoms with Crippen molar-refractivity contribution >= 4 is 22.2 Å². The van der Waals surface area contributed by atoms with E-state index in [1.807, 2.05) is 0 Å². The van der Waals surface area contributed by atoms with Gasteiger partial charge in [-0.05, 0) is 24.1 Å². The standard InChI is InChI=1S/C11H9BrF2O/c12-8-1-2-10-9(5-8)7(6-15)3-4-11(10,13)14/h1-2,5-7H,3-4H2. The summed E-state index contributed by atoms with van der Waals surface area (Å²) in [5, 5.41) is 0. The fourth-order valence-corrected chi connectivity index (χ4v) is 2.32. The molecule has 0 bridgehead atoms. The molecule has 1 aromatic rings. The third-order valence-electron chi connectivity index (χ3n) is 2.74. The Bertz CT molecular complexity index is 404. The van der Waals surface area contributed by atoms with Gasteiger partial charge < -0.3 is 4.79 Å². The predicted octanol–water partition coefficient (Wildman–Crippen LogP) is 3.62. The Kier molecular flexibility index (Phi) is 2.63. The highest BCUT2D eigenvalue weighted by molar-refractivity contribution is 9.10. The summed E-state index contributed by atoms with van der Waals surface area (Å²) >= 11 is 3.22. The molecule has 2 rings (SSSR count). The Morgan fingerprint density at radius 1 is 1.47 bits per heavy atom. The molecule has 0 aromatic heterocycles. The van der Waals surface area contributed by atoms with Crippen molar-refractivity contribution in [2.24, 2.45) is 0 Å². The first-order chi connectivity index (χ1) is 7.04. The van der Waals surface area contributed by atoms with Crippen LogP contribution < -0.4 is 0 Å². The number of aldehydes is 1. The molecule has 0 heterocycles. The van der Waals surface area contributed by atoms with E-state index in [0.29, 0.717) is 5.56 Å². The number of halogens is 3. The summed E-state index contributed by atoms with van der Waals surface area (Å²) in [6.07, 6.45) is 0.728. The number of carbonyl (C=O) groups excluding carboxylic acids is 1. The van der Waals surface area contributed by atoms with Gasteiger partial charge in [0.2, 0.25) is 0 Å². The molecule has 0 amide bonds. The van der Waals surface area contributed by atoms with Gasteiger partial charge in [0.15, 0.2) is 0 Å². The Morgan fingerprint density at radius 2 is 2.20 bits per heavy atom. The second-order valence-electron chi connectivity index (χ2n) is 3.72. The van der Waals surface area contributed by atoms with Crippen molar-refractivity contribution in [3.8, 4) is 0 Å². The number of benzene rings is 1. The fraction of sp³-hybridized carbons (Fsp3) is 0.364. The molecule has 0 radical (unpaired) electrons. The van der Waals surface area contributed by atoms with E-state index >= 15 is 0 Å². The molecule has 1 atom stereocenters. The zero-order valence-corrected chi connectivity index (χ0v) is 9.43. The van der Waals surface area contributed by atoms with Crippen LogP contribution in [0.4, 0.5) is 8.78 Å². The van der Waals surface area contributed by atoms with E-state index < -0.39 is 11.8 Å². The molecule has 1 aromatic carbocycles. The minimum absolute atomic E-state index is 0.00551. The Hall–Kier alpha value is -0.770. The van der Waals surface area contributed by atoms with Crippen LogP contribution in [-0.4, -0.2) is 6.29 Å². The molecular formula is C11H9BrF2O. The maximum atomic E-state index is 13.5. The minimum Gasteiger partial charge on any atom is -0.303 e. The predicted molar refractivity (Wildman–Crippen MR) is 56.1 cm³/mol. The molecule has 0 aliphatic heterocycles. The van der Waals surface area contributed by atoms with Crippen LogP contribution in [0.1, 0.15) is 29.9 Å². The molecule has 0 fully saturated rings. The lowest BCUT2D eigenvalue weighted by Gasteiger charge is -2.28. The van der Waals surface area contributed by atoms with E-state index in [0.717, 1.165) is 10.8 Å². The summed E-state index contributed by atoms with van der Waals surface area (Å²) < 4.78 is 27.7. The van der Waals surface area contributed by atoms with Crippen molar-refractivity contribution in [1.29, 1.82) is 0 Å². The molecule has 1 unspecified atom stereocenters. The van der Waals surface area contributed by atoms with Gasteiger partial charge in [-0.2, -0.15) is 0 Å². The third kappa shape index (κ3) is 1.83. The van der Waals surface area contributed by atoms with Crippen molar-refractivity contribution in [2.45, 2.75) is 24.7 Å². The van der Waals surface area contributed by atoms with Crippen LogP contribution in [0, 0.1) is 0 Å². The molecule has 0 saturated carbocycles. The van der Waals surface area contributed by atoms with Crippen molar-refractivity contribution in [1.82, 2.24) is 0 Å². The number of hydrogen-bond acceptors (Lipinski definition) is 1. The Morgan fingerprint density at radius 3 is 2.87 bits per heavy atom. The van der Waals surface area contributed by atoms with Crippen LogP contribution >= 0.6 is 15.9 Å². The van der Waals surface area contributed by atoms with Crippen LogP contribution in [0.25, 0.3) is 0 Å². The normalized spacial score (nSPS) is 23.3. The highest BCUT2D eigenvalue weighted by atomic mass is 79.9. The van der Waals surface area contributed by atoms with Gasteiger partial charge in [0.05, 0.1) is 0 Å². The lowest BCUT2D eigenvalue weighted by Crippen LogP contribution is -2.24. The molecule has 1 aliphatic carbocycles. The lowest BCUT2D eigenvalue weighted by molar-refractivity contribution is -0.110. The molecule has 4 heteroatoms. The molecule has 1 aliphatic rings. The second kappa shape index (κ2) is 3.67. The van der Waals surface area contributed by atoms with E-state index in [9.17, 15) is 13.6 Å². The molecule has 0 spiro atoms. The van der Waals surface area contributed by atoms with E-state index in [2.05, 4.69) is 15.9 Å². The Labute approximate surface area is 94.6 Å². The average Bonchev–Trinajstić information content (AvgIpc) is 2.17. The minimum atomic E-state index is -2.80.